The highest BCUT2D eigenvalue weighted by Crippen LogP contribution is 2.29. The van der Waals surface area contributed by atoms with Gasteiger partial charge in [0.15, 0.2) is 11.5 Å². The van der Waals surface area contributed by atoms with Gasteiger partial charge < -0.3 is 14.8 Å². The van der Waals surface area contributed by atoms with E-state index in [9.17, 15) is 4.39 Å². The van der Waals surface area contributed by atoms with Crippen molar-refractivity contribution < 1.29 is 13.9 Å². The van der Waals surface area contributed by atoms with E-state index in [1.807, 2.05) is 31.2 Å². The molecule has 4 heteroatoms. The van der Waals surface area contributed by atoms with E-state index in [0.717, 1.165) is 23.2 Å². The predicted octanol–water partition coefficient (Wildman–Crippen LogP) is 5.98. The molecule has 0 aliphatic heterocycles. The van der Waals surface area contributed by atoms with Gasteiger partial charge in [-0.2, -0.15) is 0 Å². The number of benzene rings is 3. The van der Waals surface area contributed by atoms with Crippen LogP contribution in [0.2, 0.25) is 0 Å². The number of aryl methyl sites for hydroxylation is 1. The summed E-state index contributed by atoms with van der Waals surface area (Å²) in [5.74, 6) is 1.08. The molecule has 3 nitrogen and oxygen atoms in total. The summed E-state index contributed by atoms with van der Waals surface area (Å²) >= 11 is 0. The summed E-state index contributed by atoms with van der Waals surface area (Å²) in [6.07, 6.45) is 1.04. The first-order chi connectivity index (χ1) is 13.7. The molecule has 3 rings (SSSR count). The minimum atomic E-state index is -0.264. The first-order valence-electron chi connectivity index (χ1n) is 9.63. The normalized spacial score (nSPS) is 10.5. The van der Waals surface area contributed by atoms with Crippen molar-refractivity contribution >= 4 is 5.69 Å². The summed E-state index contributed by atoms with van der Waals surface area (Å²) in [6.45, 7) is 5.62. The molecule has 0 aliphatic rings. The Morgan fingerprint density at radius 3 is 2.29 bits per heavy atom. The molecular weight excluding hydrogens is 353 g/mol. The van der Waals surface area contributed by atoms with Crippen LogP contribution in [0.1, 0.15) is 30.5 Å². The molecule has 0 amide bonds. The van der Waals surface area contributed by atoms with Crippen LogP contribution in [-0.4, -0.2) is 6.61 Å². The van der Waals surface area contributed by atoms with Crippen molar-refractivity contribution in [1.29, 1.82) is 0 Å². The molecule has 0 saturated carbocycles. The SMILES string of the molecule is CCOc1cc(CNc2ccc(CC)cc2)ccc1OCc1cccc(F)c1. The Balaban J connectivity index is 1.65. The van der Waals surface area contributed by atoms with E-state index in [4.69, 9.17) is 9.47 Å². The van der Waals surface area contributed by atoms with Crippen LogP contribution in [0.3, 0.4) is 0 Å². The van der Waals surface area contributed by atoms with Gasteiger partial charge in [-0.05, 0) is 66.4 Å². The lowest BCUT2D eigenvalue weighted by Crippen LogP contribution is -2.03. The van der Waals surface area contributed by atoms with Gasteiger partial charge in [0.05, 0.1) is 6.61 Å². The topological polar surface area (TPSA) is 30.5 Å². The first kappa shape index (κ1) is 19.7. The second-order valence-electron chi connectivity index (χ2n) is 6.54. The zero-order valence-electron chi connectivity index (χ0n) is 16.4. The zero-order chi connectivity index (χ0) is 19.8. The Bertz CT molecular complexity index is 893. The van der Waals surface area contributed by atoms with Crippen LogP contribution in [-0.2, 0) is 19.6 Å². The highest BCUT2D eigenvalue weighted by atomic mass is 19.1. The second-order valence-corrected chi connectivity index (χ2v) is 6.54. The summed E-state index contributed by atoms with van der Waals surface area (Å²) in [6, 6.07) is 20.8. The van der Waals surface area contributed by atoms with Crippen LogP contribution >= 0.6 is 0 Å². The van der Waals surface area contributed by atoms with Crippen molar-refractivity contribution in [3.8, 4) is 11.5 Å². The molecule has 1 N–H and O–H groups in total. The molecule has 0 unspecified atom stereocenters. The van der Waals surface area contributed by atoms with Crippen LogP contribution in [0.5, 0.6) is 11.5 Å². The fourth-order valence-corrected chi connectivity index (χ4v) is 2.90. The third-order valence-corrected chi connectivity index (χ3v) is 4.45. The number of halogens is 1. The van der Waals surface area contributed by atoms with Gasteiger partial charge in [0.1, 0.15) is 12.4 Å². The lowest BCUT2D eigenvalue weighted by Gasteiger charge is -2.14. The molecule has 0 aliphatic carbocycles. The minimum absolute atomic E-state index is 0.264. The second kappa shape index (κ2) is 9.79. The predicted molar refractivity (Wildman–Crippen MR) is 111 cm³/mol. The molecule has 0 bridgehead atoms. The average Bonchev–Trinajstić information content (AvgIpc) is 2.72. The molecule has 0 spiro atoms. The van der Waals surface area contributed by atoms with Gasteiger partial charge in [-0.1, -0.05) is 37.3 Å². The van der Waals surface area contributed by atoms with Gasteiger partial charge >= 0.3 is 0 Å². The molecule has 0 saturated heterocycles. The van der Waals surface area contributed by atoms with E-state index >= 15 is 0 Å². The molecule has 0 heterocycles. The Labute approximate surface area is 166 Å². The summed E-state index contributed by atoms with van der Waals surface area (Å²) in [7, 11) is 0. The smallest absolute Gasteiger partial charge is 0.161 e. The summed E-state index contributed by atoms with van der Waals surface area (Å²) in [4.78, 5) is 0. The molecule has 3 aromatic carbocycles. The Kier molecular flexibility index (Phi) is 6.90. The van der Waals surface area contributed by atoms with E-state index in [2.05, 4.69) is 36.5 Å². The maximum atomic E-state index is 13.3. The van der Waals surface area contributed by atoms with Crippen molar-refractivity contribution in [1.82, 2.24) is 0 Å². The number of hydrogen-bond acceptors (Lipinski definition) is 3. The minimum Gasteiger partial charge on any atom is -0.490 e. The molecule has 0 radical (unpaired) electrons. The van der Waals surface area contributed by atoms with Gasteiger partial charge in [0.25, 0.3) is 0 Å². The Morgan fingerprint density at radius 1 is 0.786 bits per heavy atom. The molecule has 0 aromatic heterocycles. The van der Waals surface area contributed by atoms with Crippen LogP contribution in [0.4, 0.5) is 10.1 Å². The maximum Gasteiger partial charge on any atom is 0.161 e. The molecule has 0 fully saturated rings. The molecule has 28 heavy (non-hydrogen) atoms. The van der Waals surface area contributed by atoms with Crippen LogP contribution in [0, 0.1) is 5.82 Å². The Morgan fingerprint density at radius 2 is 1.57 bits per heavy atom. The zero-order valence-corrected chi connectivity index (χ0v) is 16.4. The monoisotopic (exact) mass is 379 g/mol. The largest absolute Gasteiger partial charge is 0.490 e. The van der Waals surface area contributed by atoms with Crippen molar-refractivity contribution in [2.45, 2.75) is 33.4 Å². The summed E-state index contributed by atoms with van der Waals surface area (Å²) < 4.78 is 24.9. The number of rotatable bonds is 9. The molecule has 146 valence electrons. The third kappa shape index (κ3) is 5.49. The summed E-state index contributed by atoms with van der Waals surface area (Å²) in [5.41, 5.74) is 4.29. The fraction of sp³-hybridized carbons (Fsp3) is 0.250. The average molecular weight is 379 g/mol. The third-order valence-electron chi connectivity index (χ3n) is 4.45. The molecule has 3 aromatic rings. The fourth-order valence-electron chi connectivity index (χ4n) is 2.90. The lowest BCUT2D eigenvalue weighted by atomic mass is 10.1. The van der Waals surface area contributed by atoms with E-state index < -0.39 is 0 Å². The van der Waals surface area contributed by atoms with Gasteiger partial charge in [-0.25, -0.2) is 4.39 Å². The lowest BCUT2D eigenvalue weighted by molar-refractivity contribution is 0.269. The maximum absolute atomic E-state index is 13.3. The van der Waals surface area contributed by atoms with Crippen molar-refractivity contribution in [2.24, 2.45) is 0 Å². The van der Waals surface area contributed by atoms with Gasteiger partial charge in [-0.3, -0.25) is 0 Å². The molecule has 0 atom stereocenters. The van der Waals surface area contributed by atoms with Crippen molar-refractivity contribution in [3.63, 3.8) is 0 Å². The quantitative estimate of drug-likeness (QED) is 0.496. The van der Waals surface area contributed by atoms with Crippen LogP contribution in [0.25, 0.3) is 0 Å². The van der Waals surface area contributed by atoms with E-state index in [1.165, 1.54) is 17.7 Å². The van der Waals surface area contributed by atoms with Crippen molar-refractivity contribution in [2.75, 3.05) is 11.9 Å². The number of ether oxygens (including phenoxy) is 2. The van der Waals surface area contributed by atoms with E-state index in [1.54, 1.807) is 6.07 Å². The van der Waals surface area contributed by atoms with Gasteiger partial charge in [0.2, 0.25) is 0 Å². The summed E-state index contributed by atoms with van der Waals surface area (Å²) in [5, 5.41) is 3.43. The highest BCUT2D eigenvalue weighted by Gasteiger charge is 2.08. The molecular formula is C24H26FNO2. The van der Waals surface area contributed by atoms with E-state index in [-0.39, 0.29) is 5.82 Å². The Hall–Kier alpha value is -3.01. The number of anilines is 1. The standard InChI is InChI=1S/C24H26FNO2/c1-3-18-8-11-22(12-9-18)26-16-19-10-13-23(24(15-19)27-4-2)28-17-20-6-5-7-21(25)14-20/h5-15,26H,3-4,16-17H2,1-2H3. The van der Waals surface area contributed by atoms with Crippen molar-refractivity contribution in [3.05, 3.63) is 89.2 Å². The van der Waals surface area contributed by atoms with Crippen LogP contribution < -0.4 is 14.8 Å². The number of nitrogens with one attached hydrogen (secondary N) is 1. The van der Waals surface area contributed by atoms with Crippen LogP contribution in [0.15, 0.2) is 66.7 Å². The highest BCUT2D eigenvalue weighted by molar-refractivity contribution is 5.47. The van der Waals surface area contributed by atoms with Gasteiger partial charge in [0, 0.05) is 12.2 Å². The first-order valence-corrected chi connectivity index (χ1v) is 9.63. The number of hydrogen-bond donors (Lipinski definition) is 1. The van der Waals surface area contributed by atoms with Gasteiger partial charge in [-0.15, -0.1) is 0 Å². The van der Waals surface area contributed by atoms with E-state index in [0.29, 0.717) is 31.3 Å².